The molecule has 3 amide bonds. The lowest BCUT2D eigenvalue weighted by molar-refractivity contribution is -0.137. The highest BCUT2D eigenvalue weighted by atomic mass is 16.2. The first-order valence-corrected chi connectivity index (χ1v) is 7.37. The van der Waals surface area contributed by atoms with Gasteiger partial charge in [-0.1, -0.05) is 13.8 Å². The van der Waals surface area contributed by atoms with Gasteiger partial charge in [-0.3, -0.25) is 14.4 Å². The molecule has 6 nitrogen and oxygen atoms in total. The zero-order valence-electron chi connectivity index (χ0n) is 12.1. The normalized spacial score (nSPS) is 23.9. The first-order chi connectivity index (χ1) is 9.49. The molecule has 0 radical (unpaired) electrons. The van der Waals surface area contributed by atoms with Gasteiger partial charge >= 0.3 is 0 Å². The molecule has 2 fully saturated rings. The summed E-state index contributed by atoms with van der Waals surface area (Å²) in [5.74, 6) is -0.321. The van der Waals surface area contributed by atoms with E-state index in [4.69, 9.17) is 0 Å². The van der Waals surface area contributed by atoms with Gasteiger partial charge in [-0.25, -0.2) is 0 Å². The van der Waals surface area contributed by atoms with E-state index in [0.29, 0.717) is 12.8 Å². The third-order valence-electron chi connectivity index (χ3n) is 3.96. The fourth-order valence-electron chi connectivity index (χ4n) is 2.71. The first kappa shape index (κ1) is 14.8. The second-order valence-corrected chi connectivity index (χ2v) is 5.92. The minimum atomic E-state index is -0.502. The molecule has 2 atom stereocenters. The average molecular weight is 281 g/mol. The zero-order valence-corrected chi connectivity index (χ0v) is 12.1. The molecule has 2 aliphatic heterocycles. The molecule has 0 saturated carbocycles. The van der Waals surface area contributed by atoms with E-state index in [2.05, 4.69) is 10.6 Å². The highest BCUT2D eigenvalue weighted by molar-refractivity contribution is 5.94. The summed E-state index contributed by atoms with van der Waals surface area (Å²) < 4.78 is 0. The number of likely N-dealkylation sites (tertiary alicyclic amines) is 1. The number of rotatable bonds is 4. The molecule has 2 rings (SSSR count). The SMILES string of the molecule is CC(C)[C@H](NC(=O)[C@@H]1CCC(=O)N1)C(=O)N1CCCC1. The Balaban J connectivity index is 1.96. The number of nitrogens with zero attached hydrogens (tertiary/aromatic N) is 1. The molecule has 0 bridgehead atoms. The van der Waals surface area contributed by atoms with Gasteiger partial charge in [0.25, 0.3) is 0 Å². The lowest BCUT2D eigenvalue weighted by Gasteiger charge is -2.27. The number of carbonyl (C=O) groups excluding carboxylic acids is 3. The van der Waals surface area contributed by atoms with Crippen molar-refractivity contribution in [3.05, 3.63) is 0 Å². The number of hydrogen-bond donors (Lipinski definition) is 2. The van der Waals surface area contributed by atoms with Crippen LogP contribution in [-0.4, -0.2) is 47.8 Å². The van der Waals surface area contributed by atoms with Crippen molar-refractivity contribution >= 4 is 17.7 Å². The minimum absolute atomic E-state index is 0.00447. The highest BCUT2D eigenvalue weighted by Crippen LogP contribution is 2.14. The van der Waals surface area contributed by atoms with Crippen LogP contribution in [0.5, 0.6) is 0 Å². The Bertz CT molecular complexity index is 402. The largest absolute Gasteiger partial charge is 0.344 e. The molecule has 20 heavy (non-hydrogen) atoms. The van der Waals surface area contributed by atoms with E-state index in [1.54, 1.807) is 0 Å². The Hall–Kier alpha value is -1.59. The van der Waals surface area contributed by atoms with E-state index in [-0.39, 0.29) is 23.6 Å². The molecule has 0 aromatic rings. The monoisotopic (exact) mass is 281 g/mol. The quantitative estimate of drug-likeness (QED) is 0.763. The number of nitrogens with one attached hydrogen (secondary N) is 2. The molecular weight excluding hydrogens is 258 g/mol. The van der Waals surface area contributed by atoms with Crippen molar-refractivity contribution in [3.63, 3.8) is 0 Å². The highest BCUT2D eigenvalue weighted by Gasteiger charge is 2.34. The zero-order chi connectivity index (χ0) is 14.7. The molecule has 6 heteroatoms. The summed E-state index contributed by atoms with van der Waals surface area (Å²) in [6.45, 7) is 5.40. The second-order valence-electron chi connectivity index (χ2n) is 5.92. The lowest BCUT2D eigenvalue weighted by Crippen LogP contribution is -2.54. The number of hydrogen-bond acceptors (Lipinski definition) is 3. The van der Waals surface area contributed by atoms with Gasteiger partial charge in [0, 0.05) is 19.5 Å². The van der Waals surface area contributed by atoms with Crippen LogP contribution in [0.15, 0.2) is 0 Å². The molecular formula is C14H23N3O3. The molecule has 2 heterocycles. The lowest BCUT2D eigenvalue weighted by atomic mass is 10.0. The third-order valence-corrected chi connectivity index (χ3v) is 3.96. The molecule has 0 spiro atoms. The summed E-state index contributed by atoms with van der Waals surface area (Å²) in [5.41, 5.74) is 0. The summed E-state index contributed by atoms with van der Waals surface area (Å²) in [4.78, 5) is 37.5. The fraction of sp³-hybridized carbons (Fsp3) is 0.786. The van der Waals surface area contributed by atoms with Crippen LogP contribution >= 0.6 is 0 Å². The van der Waals surface area contributed by atoms with Crippen molar-refractivity contribution in [2.45, 2.75) is 51.6 Å². The van der Waals surface area contributed by atoms with E-state index in [1.165, 1.54) is 0 Å². The van der Waals surface area contributed by atoms with Crippen LogP contribution in [0.25, 0.3) is 0 Å². The van der Waals surface area contributed by atoms with E-state index in [9.17, 15) is 14.4 Å². The summed E-state index contributed by atoms with van der Waals surface area (Å²) >= 11 is 0. The van der Waals surface area contributed by atoms with Crippen LogP contribution in [0.1, 0.15) is 39.5 Å². The summed E-state index contributed by atoms with van der Waals surface area (Å²) in [6.07, 6.45) is 2.95. The maximum Gasteiger partial charge on any atom is 0.245 e. The van der Waals surface area contributed by atoms with Gasteiger partial charge < -0.3 is 15.5 Å². The summed E-state index contributed by atoms with van der Waals surface area (Å²) in [7, 11) is 0. The standard InChI is InChI=1S/C14H23N3O3/c1-9(2)12(14(20)17-7-3-4-8-17)16-13(19)10-5-6-11(18)15-10/h9-10,12H,3-8H2,1-2H3,(H,15,18)(H,16,19)/t10-,12-/m0/s1. The molecule has 2 saturated heterocycles. The maximum atomic E-state index is 12.4. The predicted octanol–water partition coefficient (Wildman–Crippen LogP) is 0.0282. The molecule has 0 aromatic carbocycles. The van der Waals surface area contributed by atoms with Crippen molar-refractivity contribution in [1.29, 1.82) is 0 Å². The van der Waals surface area contributed by atoms with E-state index < -0.39 is 12.1 Å². The fourth-order valence-corrected chi connectivity index (χ4v) is 2.71. The maximum absolute atomic E-state index is 12.4. The van der Waals surface area contributed by atoms with Crippen LogP contribution in [0.4, 0.5) is 0 Å². The van der Waals surface area contributed by atoms with Crippen LogP contribution in [0.2, 0.25) is 0 Å². The van der Waals surface area contributed by atoms with E-state index in [1.807, 2.05) is 18.7 Å². The Morgan fingerprint density at radius 3 is 2.45 bits per heavy atom. The molecule has 0 unspecified atom stereocenters. The molecule has 0 aromatic heterocycles. The Kier molecular flexibility index (Phi) is 4.62. The number of carbonyl (C=O) groups is 3. The van der Waals surface area contributed by atoms with Crippen molar-refractivity contribution in [3.8, 4) is 0 Å². The first-order valence-electron chi connectivity index (χ1n) is 7.37. The Labute approximate surface area is 119 Å². The van der Waals surface area contributed by atoms with Gasteiger partial charge in [-0.2, -0.15) is 0 Å². The Morgan fingerprint density at radius 2 is 1.95 bits per heavy atom. The van der Waals surface area contributed by atoms with Crippen molar-refractivity contribution in [2.24, 2.45) is 5.92 Å². The van der Waals surface area contributed by atoms with Gasteiger partial charge in [0.05, 0.1) is 0 Å². The van der Waals surface area contributed by atoms with Crippen molar-refractivity contribution in [1.82, 2.24) is 15.5 Å². The summed E-state index contributed by atoms with van der Waals surface area (Å²) in [6, 6.07) is -0.992. The van der Waals surface area contributed by atoms with Crippen molar-refractivity contribution < 1.29 is 14.4 Å². The molecule has 2 aliphatic rings. The van der Waals surface area contributed by atoms with Crippen LogP contribution in [0, 0.1) is 5.92 Å². The van der Waals surface area contributed by atoms with Gasteiger partial charge in [0.1, 0.15) is 12.1 Å². The van der Waals surface area contributed by atoms with Gasteiger partial charge in [-0.05, 0) is 25.2 Å². The topological polar surface area (TPSA) is 78.5 Å². The third kappa shape index (κ3) is 3.29. The minimum Gasteiger partial charge on any atom is -0.344 e. The molecule has 2 N–H and O–H groups in total. The van der Waals surface area contributed by atoms with E-state index in [0.717, 1.165) is 25.9 Å². The second kappa shape index (κ2) is 6.24. The molecule has 112 valence electrons. The van der Waals surface area contributed by atoms with Crippen LogP contribution in [-0.2, 0) is 14.4 Å². The van der Waals surface area contributed by atoms with Crippen molar-refractivity contribution in [2.75, 3.05) is 13.1 Å². The van der Waals surface area contributed by atoms with E-state index >= 15 is 0 Å². The van der Waals surface area contributed by atoms with Gasteiger partial charge in [0.2, 0.25) is 17.7 Å². The van der Waals surface area contributed by atoms with Crippen LogP contribution < -0.4 is 10.6 Å². The predicted molar refractivity (Wildman–Crippen MR) is 73.7 cm³/mol. The van der Waals surface area contributed by atoms with Crippen LogP contribution in [0.3, 0.4) is 0 Å². The average Bonchev–Trinajstić information content (AvgIpc) is 3.05. The smallest absolute Gasteiger partial charge is 0.245 e. The number of amides is 3. The molecule has 0 aliphatic carbocycles. The summed E-state index contributed by atoms with van der Waals surface area (Å²) in [5, 5.41) is 5.44. The Morgan fingerprint density at radius 1 is 1.30 bits per heavy atom. The van der Waals surface area contributed by atoms with Gasteiger partial charge in [-0.15, -0.1) is 0 Å². The van der Waals surface area contributed by atoms with Gasteiger partial charge in [0.15, 0.2) is 0 Å².